The minimum atomic E-state index is -0.129. The Morgan fingerprint density at radius 2 is 1.88 bits per heavy atom. The zero-order valence-corrected chi connectivity index (χ0v) is 11.6. The smallest absolute Gasteiger partial charge is 0.123 e. The summed E-state index contributed by atoms with van der Waals surface area (Å²) in [5.41, 5.74) is 2.23. The molecule has 2 heteroatoms. The predicted molar refractivity (Wildman–Crippen MR) is 71.8 cm³/mol. The molecule has 0 saturated carbocycles. The highest BCUT2D eigenvalue weighted by Gasteiger charge is 2.11. The summed E-state index contributed by atoms with van der Waals surface area (Å²) < 4.78 is 13.2. The minimum absolute atomic E-state index is 0.129. The van der Waals surface area contributed by atoms with Crippen LogP contribution in [0.15, 0.2) is 18.2 Å². The first kappa shape index (κ1) is 14.2. The van der Waals surface area contributed by atoms with Gasteiger partial charge in [-0.25, -0.2) is 4.39 Å². The molecule has 1 rings (SSSR count). The van der Waals surface area contributed by atoms with Crippen molar-refractivity contribution in [1.29, 1.82) is 0 Å². The van der Waals surface area contributed by atoms with E-state index >= 15 is 0 Å². The van der Waals surface area contributed by atoms with Crippen LogP contribution in [0.4, 0.5) is 4.39 Å². The maximum Gasteiger partial charge on any atom is 0.123 e. The number of benzene rings is 1. The summed E-state index contributed by atoms with van der Waals surface area (Å²) in [4.78, 5) is 0. The molecule has 0 aliphatic carbocycles. The monoisotopic (exact) mass is 237 g/mol. The van der Waals surface area contributed by atoms with Gasteiger partial charge >= 0.3 is 0 Å². The highest BCUT2D eigenvalue weighted by atomic mass is 19.1. The number of hydrogen-bond donors (Lipinski definition) is 1. The minimum Gasteiger partial charge on any atom is -0.312 e. The SMILES string of the molecule is Cc1cc(F)cc(CC(C)CNC(C)(C)C)c1. The number of halogens is 1. The Labute approximate surface area is 104 Å². The van der Waals surface area contributed by atoms with E-state index in [-0.39, 0.29) is 11.4 Å². The van der Waals surface area contributed by atoms with Crippen LogP contribution >= 0.6 is 0 Å². The lowest BCUT2D eigenvalue weighted by Gasteiger charge is -2.23. The summed E-state index contributed by atoms with van der Waals surface area (Å²) in [7, 11) is 0. The van der Waals surface area contributed by atoms with Crippen LogP contribution < -0.4 is 5.32 Å². The summed E-state index contributed by atoms with van der Waals surface area (Å²) in [5, 5.41) is 3.48. The van der Waals surface area contributed by atoms with Gasteiger partial charge in [-0.15, -0.1) is 0 Å². The Balaban J connectivity index is 2.53. The van der Waals surface area contributed by atoms with E-state index in [1.807, 2.05) is 6.92 Å². The largest absolute Gasteiger partial charge is 0.312 e. The lowest BCUT2D eigenvalue weighted by molar-refractivity contribution is 0.381. The van der Waals surface area contributed by atoms with E-state index in [9.17, 15) is 4.39 Å². The molecule has 0 bridgehead atoms. The molecule has 17 heavy (non-hydrogen) atoms. The first-order valence-corrected chi connectivity index (χ1v) is 6.27. The van der Waals surface area contributed by atoms with Crippen molar-refractivity contribution in [3.63, 3.8) is 0 Å². The van der Waals surface area contributed by atoms with Crippen LogP contribution in [-0.4, -0.2) is 12.1 Å². The molecule has 1 nitrogen and oxygen atoms in total. The van der Waals surface area contributed by atoms with Crippen molar-refractivity contribution in [3.05, 3.63) is 35.1 Å². The number of rotatable bonds is 4. The Hall–Kier alpha value is -0.890. The van der Waals surface area contributed by atoms with Crippen LogP contribution in [0.5, 0.6) is 0 Å². The Kier molecular flexibility index (Phi) is 4.70. The maximum atomic E-state index is 13.2. The van der Waals surface area contributed by atoms with Crippen LogP contribution in [0.1, 0.15) is 38.8 Å². The highest BCUT2D eigenvalue weighted by molar-refractivity contribution is 5.23. The van der Waals surface area contributed by atoms with Gasteiger partial charge in [-0.3, -0.25) is 0 Å². The van der Waals surface area contributed by atoms with Crippen molar-refractivity contribution in [2.24, 2.45) is 5.92 Å². The summed E-state index contributed by atoms with van der Waals surface area (Å²) in [5.74, 6) is 0.381. The van der Waals surface area contributed by atoms with E-state index in [4.69, 9.17) is 0 Å². The molecule has 0 radical (unpaired) electrons. The van der Waals surface area contributed by atoms with Crippen molar-refractivity contribution >= 4 is 0 Å². The van der Waals surface area contributed by atoms with Crippen LogP contribution in [-0.2, 0) is 6.42 Å². The van der Waals surface area contributed by atoms with Gasteiger partial charge in [-0.05, 0) is 69.8 Å². The second-order valence-electron chi connectivity index (χ2n) is 6.08. The van der Waals surface area contributed by atoms with Crippen molar-refractivity contribution in [2.75, 3.05) is 6.54 Å². The molecule has 0 aromatic heterocycles. The van der Waals surface area contributed by atoms with Crippen LogP contribution in [0.3, 0.4) is 0 Å². The fourth-order valence-electron chi connectivity index (χ4n) is 1.88. The van der Waals surface area contributed by atoms with E-state index in [1.54, 1.807) is 12.1 Å². The van der Waals surface area contributed by atoms with Crippen molar-refractivity contribution in [2.45, 2.75) is 46.6 Å². The summed E-state index contributed by atoms with van der Waals surface area (Å²) in [6.45, 7) is 11.6. The molecule has 0 aliphatic rings. The Morgan fingerprint density at radius 1 is 1.24 bits per heavy atom. The zero-order valence-electron chi connectivity index (χ0n) is 11.6. The van der Waals surface area contributed by atoms with Crippen LogP contribution in [0, 0.1) is 18.7 Å². The van der Waals surface area contributed by atoms with Gasteiger partial charge in [0.15, 0.2) is 0 Å². The second kappa shape index (κ2) is 5.63. The average molecular weight is 237 g/mol. The molecule has 1 aromatic carbocycles. The quantitative estimate of drug-likeness (QED) is 0.842. The normalized spacial score (nSPS) is 13.8. The van der Waals surface area contributed by atoms with Gasteiger partial charge in [0.05, 0.1) is 0 Å². The lowest BCUT2D eigenvalue weighted by Crippen LogP contribution is -2.39. The van der Waals surface area contributed by atoms with E-state index in [0.29, 0.717) is 5.92 Å². The third-order valence-electron chi connectivity index (χ3n) is 2.67. The van der Waals surface area contributed by atoms with Gasteiger partial charge in [-0.2, -0.15) is 0 Å². The standard InChI is InChI=1S/C15H24FN/c1-11-6-13(9-14(16)8-11)7-12(2)10-17-15(3,4)5/h6,8-9,12,17H,7,10H2,1-5H3. The molecular formula is C15H24FN. The molecule has 1 N–H and O–H groups in total. The third kappa shape index (κ3) is 5.83. The molecule has 0 saturated heterocycles. The topological polar surface area (TPSA) is 12.0 Å². The predicted octanol–water partition coefficient (Wildman–Crippen LogP) is 3.70. The molecule has 0 heterocycles. The molecule has 0 aliphatic heterocycles. The molecule has 1 aromatic rings. The van der Waals surface area contributed by atoms with E-state index in [1.165, 1.54) is 0 Å². The third-order valence-corrected chi connectivity index (χ3v) is 2.67. The lowest BCUT2D eigenvalue weighted by atomic mass is 9.98. The Bertz CT molecular complexity index is 345. The van der Waals surface area contributed by atoms with E-state index in [0.717, 1.165) is 24.1 Å². The summed E-state index contributed by atoms with van der Waals surface area (Å²) in [6.07, 6.45) is 0.918. The van der Waals surface area contributed by atoms with Crippen LogP contribution in [0.2, 0.25) is 0 Å². The number of hydrogen-bond acceptors (Lipinski definition) is 1. The van der Waals surface area contributed by atoms with Crippen molar-refractivity contribution < 1.29 is 4.39 Å². The fraction of sp³-hybridized carbons (Fsp3) is 0.600. The van der Waals surface area contributed by atoms with Gasteiger partial charge in [0, 0.05) is 5.54 Å². The van der Waals surface area contributed by atoms with Gasteiger partial charge in [0.25, 0.3) is 0 Å². The molecule has 1 unspecified atom stereocenters. The van der Waals surface area contributed by atoms with Crippen LogP contribution in [0.25, 0.3) is 0 Å². The highest BCUT2D eigenvalue weighted by Crippen LogP contribution is 2.13. The number of aryl methyl sites for hydroxylation is 1. The molecule has 1 atom stereocenters. The van der Waals surface area contributed by atoms with Crippen molar-refractivity contribution in [3.8, 4) is 0 Å². The van der Waals surface area contributed by atoms with E-state index in [2.05, 4.69) is 39.1 Å². The maximum absolute atomic E-state index is 13.2. The summed E-state index contributed by atoms with van der Waals surface area (Å²) >= 11 is 0. The molecule has 0 fully saturated rings. The fourth-order valence-corrected chi connectivity index (χ4v) is 1.88. The molecule has 96 valence electrons. The summed E-state index contributed by atoms with van der Waals surface area (Å²) in [6, 6.07) is 5.28. The van der Waals surface area contributed by atoms with Crippen molar-refractivity contribution in [1.82, 2.24) is 5.32 Å². The molecule has 0 spiro atoms. The first-order valence-electron chi connectivity index (χ1n) is 6.27. The number of nitrogens with one attached hydrogen (secondary N) is 1. The van der Waals surface area contributed by atoms with Gasteiger partial charge < -0.3 is 5.32 Å². The van der Waals surface area contributed by atoms with Gasteiger partial charge in [-0.1, -0.05) is 13.0 Å². The molecule has 0 amide bonds. The van der Waals surface area contributed by atoms with Gasteiger partial charge in [0.2, 0.25) is 0 Å². The average Bonchev–Trinajstić information content (AvgIpc) is 2.11. The zero-order chi connectivity index (χ0) is 13.1. The first-order chi connectivity index (χ1) is 7.76. The van der Waals surface area contributed by atoms with Gasteiger partial charge in [0.1, 0.15) is 5.82 Å². The Morgan fingerprint density at radius 3 is 2.41 bits per heavy atom. The molecular weight excluding hydrogens is 213 g/mol. The van der Waals surface area contributed by atoms with E-state index < -0.39 is 0 Å². The second-order valence-corrected chi connectivity index (χ2v) is 6.08.